The topological polar surface area (TPSA) is 84.9 Å². The Morgan fingerprint density at radius 3 is 2.32 bits per heavy atom. The minimum atomic E-state index is -5.31. The van der Waals surface area contributed by atoms with E-state index in [9.17, 15) is 27.6 Å². The van der Waals surface area contributed by atoms with Crippen LogP contribution in [-0.4, -0.2) is 54.7 Å². The molecule has 3 rings (SSSR count). The molecule has 31 heavy (non-hydrogen) atoms. The van der Waals surface area contributed by atoms with Crippen molar-refractivity contribution in [2.45, 2.75) is 50.4 Å². The van der Waals surface area contributed by atoms with Gasteiger partial charge >= 0.3 is 12.1 Å². The standard InChI is InChI=1S/C21H23F3N2O5/c1-12-16(18(28)31-3)20(21(22,23)24,19(29)26(12)13-8-4-5-9-13)25-17(27)14-10-6-7-11-15(14)30-2/h6-7,10-11,13H,4-5,8-9H2,1-3H3,(H,25,27)/t20-/m1/s1. The van der Waals surface area contributed by atoms with E-state index in [1.54, 1.807) is 6.07 Å². The van der Waals surface area contributed by atoms with E-state index in [-0.39, 0.29) is 17.0 Å². The highest BCUT2D eigenvalue weighted by Crippen LogP contribution is 2.47. The Bertz CT molecular complexity index is 937. The zero-order valence-electron chi connectivity index (χ0n) is 17.3. The van der Waals surface area contributed by atoms with Gasteiger partial charge < -0.3 is 19.7 Å². The van der Waals surface area contributed by atoms with Crippen molar-refractivity contribution in [1.82, 2.24) is 10.2 Å². The number of halogens is 3. The number of allylic oxidation sites excluding steroid dienone is 1. The van der Waals surface area contributed by atoms with Crippen molar-refractivity contribution in [3.05, 3.63) is 41.1 Å². The van der Waals surface area contributed by atoms with Crippen LogP contribution >= 0.6 is 0 Å². The van der Waals surface area contributed by atoms with Gasteiger partial charge in [0.05, 0.1) is 19.8 Å². The molecule has 1 N–H and O–H groups in total. The van der Waals surface area contributed by atoms with Crippen LogP contribution in [0.5, 0.6) is 5.75 Å². The number of rotatable bonds is 5. The van der Waals surface area contributed by atoms with Gasteiger partial charge in [0, 0.05) is 11.7 Å². The van der Waals surface area contributed by atoms with Gasteiger partial charge in [0.2, 0.25) is 0 Å². The summed E-state index contributed by atoms with van der Waals surface area (Å²) in [7, 11) is 2.19. The minimum Gasteiger partial charge on any atom is -0.496 e. The highest BCUT2D eigenvalue weighted by atomic mass is 19.4. The first-order valence-electron chi connectivity index (χ1n) is 9.75. The summed E-state index contributed by atoms with van der Waals surface area (Å²) in [6.07, 6.45) is -2.79. The normalized spacial score (nSPS) is 22.1. The molecule has 0 saturated heterocycles. The third-order valence-corrected chi connectivity index (χ3v) is 5.79. The molecule has 168 valence electrons. The minimum absolute atomic E-state index is 0.0238. The molecular weight excluding hydrogens is 417 g/mol. The lowest BCUT2D eigenvalue weighted by atomic mass is 9.88. The Labute approximate surface area is 177 Å². The van der Waals surface area contributed by atoms with Gasteiger partial charge in [-0.25, -0.2) is 4.79 Å². The number of ether oxygens (including phenoxy) is 2. The summed E-state index contributed by atoms with van der Waals surface area (Å²) in [5.74, 6) is -3.92. The molecule has 1 aliphatic carbocycles. The summed E-state index contributed by atoms with van der Waals surface area (Å²) in [5.41, 5.74) is -4.86. The van der Waals surface area contributed by atoms with E-state index in [0.717, 1.165) is 24.9 Å². The van der Waals surface area contributed by atoms with Crippen molar-refractivity contribution in [3.8, 4) is 5.75 Å². The van der Waals surface area contributed by atoms with Gasteiger partial charge in [-0.3, -0.25) is 9.59 Å². The van der Waals surface area contributed by atoms with Gasteiger partial charge in [-0.1, -0.05) is 25.0 Å². The van der Waals surface area contributed by atoms with Gasteiger partial charge in [0.15, 0.2) is 0 Å². The molecule has 10 heteroatoms. The zero-order valence-corrected chi connectivity index (χ0v) is 17.3. The third-order valence-electron chi connectivity index (χ3n) is 5.79. The first-order chi connectivity index (χ1) is 14.6. The summed E-state index contributed by atoms with van der Waals surface area (Å²) in [5, 5.41) is 1.83. The van der Waals surface area contributed by atoms with E-state index in [4.69, 9.17) is 4.74 Å². The van der Waals surface area contributed by atoms with Crippen molar-refractivity contribution >= 4 is 17.8 Å². The van der Waals surface area contributed by atoms with Gasteiger partial charge in [-0.2, -0.15) is 13.2 Å². The van der Waals surface area contributed by atoms with Crippen molar-refractivity contribution in [1.29, 1.82) is 0 Å². The van der Waals surface area contributed by atoms with Crippen LogP contribution in [0.15, 0.2) is 35.5 Å². The van der Waals surface area contributed by atoms with Gasteiger partial charge in [-0.15, -0.1) is 0 Å². The van der Waals surface area contributed by atoms with Crippen LogP contribution in [0.3, 0.4) is 0 Å². The Hall–Kier alpha value is -3.04. The fraction of sp³-hybridized carbons (Fsp3) is 0.476. The lowest BCUT2D eigenvalue weighted by Crippen LogP contribution is -2.66. The molecule has 1 saturated carbocycles. The van der Waals surface area contributed by atoms with Crippen molar-refractivity contribution in [3.63, 3.8) is 0 Å². The average Bonchev–Trinajstić information content (AvgIpc) is 3.32. The quantitative estimate of drug-likeness (QED) is 0.712. The van der Waals surface area contributed by atoms with Crippen molar-refractivity contribution in [2.24, 2.45) is 0 Å². The SMILES string of the molecule is COC(=O)C1=C(C)N(C2CCCC2)C(=O)[C@@]1(NC(=O)c1ccccc1OC)C(F)(F)F. The first kappa shape index (κ1) is 22.6. The number of alkyl halides is 3. The maximum atomic E-state index is 14.6. The summed E-state index contributed by atoms with van der Waals surface area (Å²) < 4.78 is 53.4. The average molecular weight is 440 g/mol. The van der Waals surface area contributed by atoms with E-state index in [2.05, 4.69) is 4.74 Å². The fourth-order valence-electron chi connectivity index (χ4n) is 4.36. The summed E-state index contributed by atoms with van der Waals surface area (Å²) >= 11 is 0. The van der Waals surface area contributed by atoms with Crippen LogP contribution in [0, 0.1) is 0 Å². The number of carbonyl (C=O) groups is 3. The monoisotopic (exact) mass is 440 g/mol. The molecule has 1 heterocycles. The second-order valence-electron chi connectivity index (χ2n) is 7.47. The molecule has 0 radical (unpaired) electrons. The highest BCUT2D eigenvalue weighted by molar-refractivity contribution is 6.12. The molecule has 2 amide bonds. The molecule has 1 aromatic rings. The van der Waals surface area contributed by atoms with Crippen LogP contribution in [0.2, 0.25) is 0 Å². The van der Waals surface area contributed by atoms with E-state index in [0.29, 0.717) is 12.8 Å². The molecule has 0 unspecified atom stereocenters. The molecule has 7 nitrogen and oxygen atoms in total. The van der Waals surface area contributed by atoms with E-state index in [1.165, 1.54) is 32.2 Å². The smallest absolute Gasteiger partial charge is 0.425 e. The maximum Gasteiger partial charge on any atom is 0.425 e. The second-order valence-corrected chi connectivity index (χ2v) is 7.47. The molecule has 1 aliphatic heterocycles. The summed E-state index contributed by atoms with van der Waals surface area (Å²) in [6.45, 7) is 1.27. The zero-order chi connectivity index (χ0) is 23.0. The number of para-hydroxylation sites is 1. The molecule has 2 aliphatic rings. The van der Waals surface area contributed by atoms with E-state index in [1.807, 2.05) is 5.32 Å². The van der Waals surface area contributed by atoms with E-state index < -0.39 is 41.1 Å². The van der Waals surface area contributed by atoms with Gasteiger partial charge in [-0.05, 0) is 31.9 Å². The largest absolute Gasteiger partial charge is 0.496 e. The van der Waals surface area contributed by atoms with Crippen LogP contribution in [0.1, 0.15) is 43.0 Å². The lowest BCUT2D eigenvalue weighted by Gasteiger charge is -2.34. The Morgan fingerprint density at radius 2 is 1.77 bits per heavy atom. The first-order valence-corrected chi connectivity index (χ1v) is 9.75. The molecular formula is C21H23F3N2O5. The number of methoxy groups -OCH3 is 2. The third kappa shape index (κ3) is 3.53. The number of hydrogen-bond acceptors (Lipinski definition) is 5. The molecule has 1 atom stereocenters. The maximum absolute atomic E-state index is 14.6. The lowest BCUT2D eigenvalue weighted by molar-refractivity contribution is -0.192. The number of nitrogens with one attached hydrogen (secondary N) is 1. The Morgan fingerprint density at radius 1 is 1.16 bits per heavy atom. The number of hydrogen-bond donors (Lipinski definition) is 1. The number of esters is 1. The molecule has 0 spiro atoms. The van der Waals surface area contributed by atoms with Crippen LogP contribution < -0.4 is 10.1 Å². The Balaban J connectivity index is 2.17. The second kappa shape index (κ2) is 8.24. The Kier molecular flexibility index (Phi) is 6.02. The molecule has 1 aromatic carbocycles. The predicted molar refractivity (Wildman–Crippen MR) is 103 cm³/mol. The van der Waals surface area contributed by atoms with E-state index >= 15 is 0 Å². The van der Waals surface area contributed by atoms with Gasteiger partial charge in [0.25, 0.3) is 17.4 Å². The summed E-state index contributed by atoms with van der Waals surface area (Å²) in [6, 6.07) is 5.17. The fourth-order valence-corrected chi connectivity index (χ4v) is 4.36. The molecule has 0 aromatic heterocycles. The van der Waals surface area contributed by atoms with Crippen LogP contribution in [0.4, 0.5) is 13.2 Å². The number of amides is 2. The molecule has 1 fully saturated rings. The van der Waals surface area contributed by atoms with Gasteiger partial charge in [0.1, 0.15) is 11.3 Å². The van der Waals surface area contributed by atoms with Crippen molar-refractivity contribution < 1.29 is 37.0 Å². The molecule has 0 bridgehead atoms. The highest BCUT2D eigenvalue weighted by Gasteiger charge is 2.71. The number of carbonyl (C=O) groups excluding carboxylic acids is 3. The predicted octanol–water partition coefficient (Wildman–Crippen LogP) is 2.96. The van der Waals surface area contributed by atoms with Crippen LogP contribution in [-0.2, 0) is 14.3 Å². The summed E-state index contributed by atoms with van der Waals surface area (Å²) in [4.78, 5) is 39.8. The number of benzene rings is 1. The van der Waals surface area contributed by atoms with Crippen LogP contribution in [0.25, 0.3) is 0 Å². The number of nitrogens with zero attached hydrogens (tertiary/aromatic N) is 1. The van der Waals surface area contributed by atoms with Crippen molar-refractivity contribution in [2.75, 3.05) is 14.2 Å².